The minimum absolute atomic E-state index is 0.00473. The molecule has 2 atom stereocenters. The van der Waals surface area contributed by atoms with Gasteiger partial charge in [-0.25, -0.2) is 9.18 Å². The maximum Gasteiger partial charge on any atom is 0.407 e. The number of ether oxygens (including phenoxy) is 1. The molecule has 152 valence electrons. The molecule has 8 heteroatoms. The van der Waals surface area contributed by atoms with Crippen LogP contribution in [0.5, 0.6) is 0 Å². The first-order valence-electron chi connectivity index (χ1n) is 8.82. The maximum absolute atomic E-state index is 12.1. The summed E-state index contributed by atoms with van der Waals surface area (Å²) in [4.78, 5) is 15.9. The Morgan fingerprint density at radius 2 is 2.07 bits per heavy atom. The molecule has 2 N–H and O–H groups in total. The van der Waals surface area contributed by atoms with Gasteiger partial charge in [0.1, 0.15) is 11.7 Å². The molecule has 0 aliphatic heterocycles. The monoisotopic (exact) mass is 383 g/mol. The van der Waals surface area contributed by atoms with Gasteiger partial charge in [-0.3, -0.25) is 0 Å². The molecule has 0 spiro atoms. The number of halogens is 1. The fourth-order valence-electron chi connectivity index (χ4n) is 1.88. The lowest BCUT2D eigenvalue weighted by molar-refractivity contribution is 0.0406. The van der Waals surface area contributed by atoms with Crippen LogP contribution in [-0.2, 0) is 4.74 Å². The van der Waals surface area contributed by atoms with Crippen molar-refractivity contribution in [1.29, 1.82) is 0 Å². The summed E-state index contributed by atoms with van der Waals surface area (Å²) in [7, 11) is 0. The summed E-state index contributed by atoms with van der Waals surface area (Å²) in [6.07, 6.45) is 2.88. The average molecular weight is 383 g/mol. The number of amides is 1. The van der Waals surface area contributed by atoms with E-state index >= 15 is 0 Å². The summed E-state index contributed by atoms with van der Waals surface area (Å²) in [6.45, 7) is 14.6. The number of aromatic nitrogens is 2. The van der Waals surface area contributed by atoms with E-state index in [4.69, 9.17) is 9.26 Å². The smallest absolute Gasteiger partial charge is 0.407 e. The molecule has 0 fully saturated rings. The highest BCUT2D eigenvalue weighted by Crippen LogP contribution is 2.20. The van der Waals surface area contributed by atoms with E-state index in [0.29, 0.717) is 18.3 Å². The highest BCUT2D eigenvalue weighted by atomic mass is 19.1. The number of nitrogens with zero attached hydrogens (tertiary/aromatic N) is 2. The van der Waals surface area contributed by atoms with Crippen LogP contribution in [-0.4, -0.2) is 33.0 Å². The Morgan fingerprint density at radius 3 is 2.56 bits per heavy atom. The summed E-state index contributed by atoms with van der Waals surface area (Å²) in [5, 5.41) is 16.7. The lowest BCUT2D eigenvalue weighted by atomic mass is 10.1. The summed E-state index contributed by atoms with van der Waals surface area (Å²) in [5.41, 5.74) is -0.256. The third-order valence-corrected chi connectivity index (χ3v) is 3.04. The largest absolute Gasteiger partial charge is 0.444 e. The zero-order chi connectivity index (χ0) is 21.0. The Kier molecular flexibility index (Phi) is 10.9. The topological polar surface area (TPSA) is 97.5 Å². The zero-order valence-electron chi connectivity index (χ0n) is 16.8. The molecule has 27 heavy (non-hydrogen) atoms. The summed E-state index contributed by atoms with van der Waals surface area (Å²) >= 11 is 0. The molecule has 1 aromatic rings. The molecule has 0 saturated carbocycles. The molecule has 7 nitrogen and oxygen atoms in total. The molecule has 0 bridgehead atoms. The first-order valence-corrected chi connectivity index (χ1v) is 8.82. The van der Waals surface area contributed by atoms with Crippen molar-refractivity contribution in [2.24, 2.45) is 0 Å². The van der Waals surface area contributed by atoms with Gasteiger partial charge in [0.25, 0.3) is 5.89 Å². The van der Waals surface area contributed by atoms with Crippen LogP contribution in [0.15, 0.2) is 35.7 Å². The van der Waals surface area contributed by atoms with Crippen LogP contribution in [0.25, 0.3) is 5.57 Å². The number of aliphatic hydroxyl groups excluding tert-OH is 1. The van der Waals surface area contributed by atoms with E-state index < -0.39 is 23.8 Å². The van der Waals surface area contributed by atoms with Crippen LogP contribution in [0, 0.1) is 0 Å². The molecular weight excluding hydrogens is 353 g/mol. The number of rotatable bonds is 7. The van der Waals surface area contributed by atoms with Gasteiger partial charge in [0.15, 0.2) is 0 Å². The van der Waals surface area contributed by atoms with Crippen LogP contribution < -0.4 is 5.32 Å². The average Bonchev–Trinajstić information content (AvgIpc) is 3.10. The highest BCUT2D eigenvalue weighted by molar-refractivity contribution is 5.69. The number of carbonyl (C=O) groups is 1. The van der Waals surface area contributed by atoms with E-state index in [1.54, 1.807) is 27.7 Å². The molecule has 1 heterocycles. The minimum Gasteiger partial charge on any atom is -0.444 e. The van der Waals surface area contributed by atoms with Crippen molar-refractivity contribution in [3.8, 4) is 0 Å². The number of carbonyl (C=O) groups excluding carboxylic acids is 1. The van der Waals surface area contributed by atoms with Gasteiger partial charge >= 0.3 is 6.09 Å². The van der Waals surface area contributed by atoms with Crippen molar-refractivity contribution in [2.75, 3.05) is 0 Å². The molecule has 0 aromatic carbocycles. The van der Waals surface area contributed by atoms with Crippen LogP contribution in [0.1, 0.15) is 65.8 Å². The van der Waals surface area contributed by atoms with E-state index in [1.807, 2.05) is 13.8 Å². The molecule has 1 aromatic heterocycles. The van der Waals surface area contributed by atoms with Crippen molar-refractivity contribution in [3.05, 3.63) is 42.9 Å². The number of nitrogens with one attached hydrogen (secondary N) is 1. The number of allylic oxidation sites excluding steroid dienone is 4. The van der Waals surface area contributed by atoms with Crippen molar-refractivity contribution in [2.45, 2.75) is 65.7 Å². The fourth-order valence-corrected chi connectivity index (χ4v) is 1.88. The van der Waals surface area contributed by atoms with Gasteiger partial charge in [0, 0.05) is 5.57 Å². The van der Waals surface area contributed by atoms with Crippen LogP contribution >= 0.6 is 0 Å². The predicted molar refractivity (Wildman–Crippen MR) is 102 cm³/mol. The lowest BCUT2D eigenvalue weighted by Gasteiger charge is -2.24. The normalized spacial score (nSPS) is 14.1. The Labute approximate surface area is 160 Å². The number of hydrogen-bond acceptors (Lipinski definition) is 6. The fraction of sp³-hybridized carbons (Fsp3) is 0.526. The van der Waals surface area contributed by atoms with Crippen LogP contribution in [0.2, 0.25) is 0 Å². The molecule has 0 saturated heterocycles. The molecule has 1 unspecified atom stereocenters. The SMILES string of the molecule is C=C/C(=C\C=C\F)c1nc(C(O)[C@H](CC)NC(=O)OC(C)(C)C)no1.CC. The Bertz CT molecular complexity index is 648. The van der Waals surface area contributed by atoms with Gasteiger partial charge < -0.3 is 19.7 Å². The summed E-state index contributed by atoms with van der Waals surface area (Å²) in [5.74, 6) is 0.0733. The summed E-state index contributed by atoms with van der Waals surface area (Å²) < 4.78 is 22.3. The molecular formula is C19H30FN3O4. The van der Waals surface area contributed by atoms with E-state index in [2.05, 4.69) is 22.0 Å². The molecule has 1 rings (SSSR count). The maximum atomic E-state index is 12.1. The van der Waals surface area contributed by atoms with E-state index in [-0.39, 0.29) is 11.7 Å². The van der Waals surface area contributed by atoms with E-state index in [9.17, 15) is 14.3 Å². The molecule has 1 amide bonds. The van der Waals surface area contributed by atoms with Gasteiger partial charge in [-0.05, 0) is 39.3 Å². The predicted octanol–water partition coefficient (Wildman–Crippen LogP) is 4.49. The molecule has 0 radical (unpaired) electrons. The van der Waals surface area contributed by atoms with E-state index in [0.717, 1.165) is 6.08 Å². The third kappa shape index (κ3) is 8.63. The quantitative estimate of drug-likeness (QED) is 0.674. The van der Waals surface area contributed by atoms with Gasteiger partial charge in [-0.2, -0.15) is 4.98 Å². The second-order valence-corrected chi connectivity index (χ2v) is 6.21. The number of aliphatic hydroxyl groups is 1. The highest BCUT2D eigenvalue weighted by Gasteiger charge is 2.28. The second kappa shape index (κ2) is 12.0. The van der Waals surface area contributed by atoms with Crippen molar-refractivity contribution in [1.82, 2.24) is 15.5 Å². The second-order valence-electron chi connectivity index (χ2n) is 6.21. The summed E-state index contributed by atoms with van der Waals surface area (Å²) in [6, 6.07) is -0.665. The minimum atomic E-state index is -1.20. The molecule has 0 aliphatic rings. The zero-order valence-corrected chi connectivity index (χ0v) is 16.8. The first-order chi connectivity index (χ1) is 12.7. The van der Waals surface area contributed by atoms with Gasteiger partial charge in [-0.1, -0.05) is 38.6 Å². The first kappa shape index (κ1) is 24.5. The van der Waals surface area contributed by atoms with Gasteiger partial charge in [0.05, 0.1) is 12.4 Å². The Balaban J connectivity index is 0.00000326. The van der Waals surface area contributed by atoms with Crippen LogP contribution in [0.3, 0.4) is 0 Å². The van der Waals surface area contributed by atoms with Crippen molar-refractivity contribution >= 4 is 11.7 Å². The van der Waals surface area contributed by atoms with E-state index in [1.165, 1.54) is 12.2 Å². The Hall–Kier alpha value is -2.48. The van der Waals surface area contributed by atoms with Crippen molar-refractivity contribution in [3.63, 3.8) is 0 Å². The standard InChI is InChI=1S/C17H24FN3O4.C2H6/c1-6-11(9-8-10-18)15-20-14(21-25-15)13(22)12(7-2)19-16(23)24-17(3,4)5;1-2/h6,8-10,12-13,22H,1,7H2,2-5H3,(H,19,23);1-2H3/b10-8+,11-9+;/t12-,13?;/m0./s1. The van der Waals surface area contributed by atoms with Crippen LogP contribution in [0.4, 0.5) is 9.18 Å². The third-order valence-electron chi connectivity index (χ3n) is 3.04. The lowest BCUT2D eigenvalue weighted by Crippen LogP contribution is -2.42. The van der Waals surface area contributed by atoms with Gasteiger partial charge in [-0.15, -0.1) is 0 Å². The number of alkyl carbamates (subject to hydrolysis) is 1. The van der Waals surface area contributed by atoms with Gasteiger partial charge in [0.2, 0.25) is 5.82 Å². The van der Waals surface area contributed by atoms with Crippen molar-refractivity contribution < 1.29 is 23.6 Å². The Morgan fingerprint density at radius 1 is 1.44 bits per heavy atom. The number of hydrogen-bond donors (Lipinski definition) is 2. The molecule has 0 aliphatic carbocycles.